The van der Waals surface area contributed by atoms with Gasteiger partial charge in [0.15, 0.2) is 19.8 Å². The second kappa shape index (κ2) is 25.8. The number of thioether (sulfide) groups is 3. The maximum absolute atomic E-state index is 13.6. The van der Waals surface area contributed by atoms with Crippen molar-refractivity contribution in [3.05, 3.63) is 52.0 Å². The largest absolute Gasteiger partial charge is 0.484 e. The normalized spacial score (nSPS) is 21.9. The summed E-state index contributed by atoms with van der Waals surface area (Å²) in [6, 6.07) is 0.514. The van der Waals surface area contributed by atoms with E-state index in [-0.39, 0.29) is 71.4 Å². The topological polar surface area (TPSA) is 334 Å². The minimum atomic E-state index is -1.11. The van der Waals surface area contributed by atoms with Crippen LogP contribution in [0.5, 0.6) is 17.2 Å². The van der Waals surface area contributed by atoms with E-state index in [1.807, 2.05) is 0 Å². The molecule has 30 heteroatoms. The first kappa shape index (κ1) is 64.1. The molecule has 0 saturated carbocycles. The molecule has 6 aliphatic heterocycles. The maximum atomic E-state index is 13.6. The Balaban J connectivity index is 1.04. The zero-order valence-corrected chi connectivity index (χ0v) is 50.6. The van der Waals surface area contributed by atoms with E-state index < -0.39 is 142 Å². The molecule has 0 unspecified atom stereocenters. The second-order valence-corrected chi connectivity index (χ2v) is 25.9. The average molecular weight is 1230 g/mol. The van der Waals surface area contributed by atoms with Crippen molar-refractivity contribution in [2.24, 2.45) is 0 Å². The van der Waals surface area contributed by atoms with Gasteiger partial charge >= 0.3 is 35.8 Å². The number of amides is 6. The summed E-state index contributed by atoms with van der Waals surface area (Å²) in [6.07, 6.45) is 0. The van der Waals surface area contributed by atoms with E-state index in [1.54, 1.807) is 62.3 Å². The smallest absolute Gasteiger partial charge is 0.355 e. The zero-order valence-electron chi connectivity index (χ0n) is 48.2. The summed E-state index contributed by atoms with van der Waals surface area (Å²) in [6.45, 7) is 15.5. The molecular weight excluding hydrogens is 1160 g/mol. The van der Waals surface area contributed by atoms with Crippen LogP contribution in [0.2, 0.25) is 0 Å². The predicted octanol–water partition coefficient (Wildman–Crippen LogP) is 1.50. The molecule has 6 aliphatic rings. The van der Waals surface area contributed by atoms with Crippen LogP contribution in [-0.4, -0.2) is 194 Å². The lowest BCUT2D eigenvalue weighted by Gasteiger charge is -2.49. The third kappa shape index (κ3) is 15.6. The van der Waals surface area contributed by atoms with Crippen molar-refractivity contribution in [3.8, 4) is 17.2 Å². The Labute approximate surface area is 495 Å². The molecular formula is C54H66N6O21S3. The minimum absolute atomic E-state index is 0.0937. The standard InChI is InChI=1S/C54H66N6O21S3/c1-25(61)73-16-28-22-82-46-37(43(67)58(46)40(28)49(70)79-52(4,5)6)55-34(64)19-76-31-13-32(77-20-35(65)56-38-44(68)59-41(50(71)80-53(7,8)9)29(17-74-26(2)62)23-83-47(38)59)15-33(14-31)78-21-36(66)57-39-45(69)60-42(51(72)81-54(10,11)12)30(18-75-27(3)63)24-84-48(39)60/h13-15,37-39,46-48H,16-24H2,1-12H3,(H,55,64)(H,56,65)(H,57,66)/t37-,38-,39-,46-,47-,48-/m1/s1. The quantitative estimate of drug-likeness (QED) is 0.0892. The fraction of sp³-hybridized carbons (Fsp3) is 0.556. The predicted molar refractivity (Wildman–Crippen MR) is 297 cm³/mol. The molecule has 3 fully saturated rings. The highest BCUT2D eigenvalue weighted by molar-refractivity contribution is 8.00. The summed E-state index contributed by atoms with van der Waals surface area (Å²) < 4.78 is 49.7. The number of carbonyl (C=O) groups is 12. The molecule has 84 heavy (non-hydrogen) atoms. The zero-order chi connectivity index (χ0) is 61.9. The average Bonchev–Trinajstić information content (AvgIpc) is 0.971. The summed E-state index contributed by atoms with van der Waals surface area (Å²) in [5.41, 5.74) is -2.07. The molecule has 6 heterocycles. The summed E-state index contributed by atoms with van der Waals surface area (Å²) >= 11 is 3.65. The van der Waals surface area contributed by atoms with Crippen LogP contribution in [-0.2, 0) is 86.0 Å². The van der Waals surface area contributed by atoms with Gasteiger partial charge in [-0.2, -0.15) is 0 Å². The fourth-order valence-electron chi connectivity index (χ4n) is 8.78. The van der Waals surface area contributed by atoms with Crippen LogP contribution in [0.15, 0.2) is 52.0 Å². The number of fused-ring (bicyclic) bond motifs is 3. The van der Waals surface area contributed by atoms with Crippen molar-refractivity contribution in [2.45, 2.75) is 134 Å². The van der Waals surface area contributed by atoms with Crippen molar-refractivity contribution in [3.63, 3.8) is 0 Å². The number of benzene rings is 1. The number of esters is 6. The summed E-state index contributed by atoms with van der Waals surface area (Å²) in [5.74, 6) is -8.33. The van der Waals surface area contributed by atoms with Gasteiger partial charge < -0.3 is 58.6 Å². The van der Waals surface area contributed by atoms with Crippen LogP contribution in [0.3, 0.4) is 0 Å². The number of ether oxygens (including phenoxy) is 9. The van der Waals surface area contributed by atoms with Crippen LogP contribution in [0.1, 0.15) is 83.1 Å². The van der Waals surface area contributed by atoms with Gasteiger partial charge in [0.2, 0.25) is 0 Å². The summed E-state index contributed by atoms with van der Waals surface area (Å²) in [7, 11) is 0. The Morgan fingerprint density at radius 2 is 0.679 bits per heavy atom. The first-order valence-corrected chi connectivity index (χ1v) is 29.4. The van der Waals surface area contributed by atoms with Crippen LogP contribution in [0.4, 0.5) is 0 Å². The molecule has 1 aromatic rings. The summed E-state index contributed by atoms with van der Waals surface area (Å²) in [5, 5.41) is 5.63. The molecule has 3 saturated heterocycles. The van der Waals surface area contributed by atoms with E-state index in [9.17, 15) is 57.5 Å². The van der Waals surface area contributed by atoms with Crippen molar-refractivity contribution in [1.82, 2.24) is 30.7 Å². The number of nitrogens with zero attached hydrogens (tertiary/aromatic N) is 3. The van der Waals surface area contributed by atoms with E-state index in [4.69, 9.17) is 42.6 Å². The molecule has 456 valence electrons. The van der Waals surface area contributed by atoms with Crippen molar-refractivity contribution in [1.29, 1.82) is 0 Å². The molecule has 0 radical (unpaired) electrons. The first-order chi connectivity index (χ1) is 39.2. The molecule has 0 aliphatic carbocycles. The van der Waals surface area contributed by atoms with E-state index in [1.165, 1.54) is 89.0 Å². The molecule has 0 aromatic heterocycles. The number of carbonyl (C=O) groups excluding carboxylic acids is 12. The molecule has 0 bridgehead atoms. The Morgan fingerprint density at radius 1 is 0.440 bits per heavy atom. The van der Waals surface area contributed by atoms with Gasteiger partial charge in [0.1, 0.15) is 105 Å². The van der Waals surface area contributed by atoms with Crippen molar-refractivity contribution < 1.29 is 100 Å². The highest BCUT2D eigenvalue weighted by Crippen LogP contribution is 2.44. The monoisotopic (exact) mass is 1230 g/mol. The lowest BCUT2D eigenvalue weighted by atomic mass is 10.0. The number of hydrogen-bond acceptors (Lipinski definition) is 24. The van der Waals surface area contributed by atoms with Gasteiger partial charge in [-0.1, -0.05) is 0 Å². The van der Waals surface area contributed by atoms with Gasteiger partial charge in [0.25, 0.3) is 35.4 Å². The molecule has 7 rings (SSSR count). The van der Waals surface area contributed by atoms with Crippen LogP contribution in [0.25, 0.3) is 0 Å². The first-order valence-electron chi connectivity index (χ1n) is 26.2. The highest BCUT2D eigenvalue weighted by Gasteiger charge is 2.57. The Morgan fingerprint density at radius 3 is 0.893 bits per heavy atom. The van der Waals surface area contributed by atoms with Gasteiger partial charge in [-0.3, -0.25) is 57.9 Å². The molecule has 1 aromatic carbocycles. The van der Waals surface area contributed by atoms with Gasteiger partial charge in [0.05, 0.1) is 0 Å². The van der Waals surface area contributed by atoms with Crippen LogP contribution in [0, 0.1) is 0 Å². The molecule has 27 nitrogen and oxygen atoms in total. The van der Waals surface area contributed by atoms with Gasteiger partial charge in [-0.25, -0.2) is 14.4 Å². The van der Waals surface area contributed by atoms with Gasteiger partial charge in [-0.15, -0.1) is 35.3 Å². The second-order valence-electron chi connectivity index (χ2n) is 22.6. The fourth-order valence-corrected chi connectivity index (χ4v) is 12.8. The Bertz CT molecular complexity index is 2700. The number of β-lactam (4-membered cyclic amide) rings is 3. The maximum Gasteiger partial charge on any atom is 0.355 e. The Kier molecular flexibility index (Phi) is 19.7. The Hall–Kier alpha value is -7.47. The minimum Gasteiger partial charge on any atom is -0.484 e. The summed E-state index contributed by atoms with van der Waals surface area (Å²) in [4.78, 5) is 160. The van der Waals surface area contributed by atoms with Crippen LogP contribution < -0.4 is 30.2 Å². The third-order valence-electron chi connectivity index (χ3n) is 12.2. The molecule has 6 amide bonds. The number of hydrogen-bond donors (Lipinski definition) is 3. The van der Waals surface area contributed by atoms with Gasteiger partial charge in [0, 0.05) is 72.9 Å². The third-order valence-corrected chi connectivity index (χ3v) is 16.2. The highest BCUT2D eigenvalue weighted by atomic mass is 32.2. The van der Waals surface area contributed by atoms with Crippen LogP contribution >= 0.6 is 35.3 Å². The van der Waals surface area contributed by atoms with E-state index in [0.29, 0.717) is 16.7 Å². The molecule has 0 spiro atoms. The lowest BCUT2D eigenvalue weighted by Crippen LogP contribution is -2.71. The van der Waals surface area contributed by atoms with E-state index >= 15 is 0 Å². The molecule has 3 N–H and O–H groups in total. The lowest BCUT2D eigenvalue weighted by molar-refractivity contribution is -0.159. The molecule has 6 atom stereocenters. The van der Waals surface area contributed by atoms with Crippen molar-refractivity contribution >= 4 is 107 Å². The van der Waals surface area contributed by atoms with Gasteiger partial charge in [-0.05, 0) is 62.3 Å². The van der Waals surface area contributed by atoms with E-state index in [2.05, 4.69) is 16.0 Å². The number of nitrogens with one attached hydrogen (secondary N) is 3. The van der Waals surface area contributed by atoms with E-state index in [0.717, 1.165) is 0 Å². The number of rotatable bonds is 21. The SMILES string of the molecule is CC(=O)OCC1=C(C(=O)OC(C)(C)C)N2C(=O)[C@@H](NC(=O)COc3cc(OCC(=O)N[C@@H]4C(=O)N5C(C(=O)OC(C)(C)C)=C(COC(C)=O)CS[C@H]45)cc(OCC(=O)N[C@@H]4C(=O)N5C(C(=O)OC(C)(C)C)=C(COC(C)=O)CS[C@H]45)c3)[C@H]2SC1. The van der Waals surface area contributed by atoms with Crippen molar-refractivity contribution in [2.75, 3.05) is 56.9 Å².